The molecule has 0 saturated carbocycles. The molecule has 2 amide bonds. The molecular formula is C22H23FN2O3. The normalized spacial score (nSPS) is 14.2. The lowest BCUT2D eigenvalue weighted by molar-refractivity contribution is -0.136. The van der Waals surface area contributed by atoms with Crippen LogP contribution in [0.4, 0.5) is 10.1 Å². The molecule has 0 fully saturated rings. The molecule has 1 N–H and O–H groups in total. The van der Waals surface area contributed by atoms with Crippen LogP contribution in [0.3, 0.4) is 0 Å². The van der Waals surface area contributed by atoms with Gasteiger partial charge in [0.05, 0.1) is 11.7 Å². The minimum Gasteiger partial charge on any atom is -0.491 e. The van der Waals surface area contributed by atoms with Gasteiger partial charge in [0, 0.05) is 12.2 Å². The number of carbonyl (C=O) groups excluding carboxylic acids is 2. The molecule has 5 nitrogen and oxygen atoms in total. The van der Waals surface area contributed by atoms with E-state index in [-0.39, 0.29) is 29.2 Å². The SMILES string of the molecule is CCCN1C(=O)C(Nc2ccc(OC(C)C)cc2)=C(c2ccc(F)cc2)C1=O. The first kappa shape index (κ1) is 19.6. The van der Waals surface area contributed by atoms with Gasteiger partial charge in [-0.3, -0.25) is 14.5 Å². The Bertz CT molecular complexity index is 902. The maximum absolute atomic E-state index is 13.3. The van der Waals surface area contributed by atoms with Crippen LogP contribution in [-0.2, 0) is 9.59 Å². The Morgan fingerprint density at radius 3 is 2.21 bits per heavy atom. The van der Waals surface area contributed by atoms with Gasteiger partial charge in [0.25, 0.3) is 11.8 Å². The molecule has 0 atom stereocenters. The van der Waals surface area contributed by atoms with Gasteiger partial charge in [0.1, 0.15) is 17.3 Å². The lowest BCUT2D eigenvalue weighted by Crippen LogP contribution is -2.33. The number of benzene rings is 2. The van der Waals surface area contributed by atoms with Crippen molar-refractivity contribution in [1.29, 1.82) is 0 Å². The standard InChI is InChI=1S/C22H23FN2O3/c1-4-13-25-21(26)19(15-5-7-16(23)8-6-15)20(22(25)27)24-17-9-11-18(12-10-17)28-14(2)3/h5-12,14,24H,4,13H2,1-3H3. The van der Waals surface area contributed by atoms with E-state index in [1.165, 1.54) is 29.2 Å². The highest BCUT2D eigenvalue weighted by atomic mass is 19.1. The molecule has 2 aromatic rings. The maximum Gasteiger partial charge on any atom is 0.278 e. The third-order valence-corrected chi connectivity index (χ3v) is 4.24. The summed E-state index contributed by atoms with van der Waals surface area (Å²) < 4.78 is 18.9. The van der Waals surface area contributed by atoms with Gasteiger partial charge >= 0.3 is 0 Å². The average molecular weight is 382 g/mol. The molecule has 2 aromatic carbocycles. The van der Waals surface area contributed by atoms with Gasteiger partial charge in [-0.1, -0.05) is 19.1 Å². The van der Waals surface area contributed by atoms with Crippen LogP contribution < -0.4 is 10.1 Å². The second-order valence-corrected chi connectivity index (χ2v) is 6.83. The Balaban J connectivity index is 1.96. The molecule has 0 bridgehead atoms. The van der Waals surface area contributed by atoms with Gasteiger partial charge in [0.15, 0.2) is 0 Å². The fourth-order valence-electron chi connectivity index (χ4n) is 3.04. The topological polar surface area (TPSA) is 58.6 Å². The third-order valence-electron chi connectivity index (χ3n) is 4.24. The third kappa shape index (κ3) is 4.06. The highest BCUT2D eigenvalue weighted by Crippen LogP contribution is 2.31. The zero-order valence-electron chi connectivity index (χ0n) is 16.2. The minimum absolute atomic E-state index is 0.0585. The number of anilines is 1. The summed E-state index contributed by atoms with van der Waals surface area (Å²) >= 11 is 0. The molecule has 0 unspecified atom stereocenters. The van der Waals surface area contributed by atoms with Crippen LogP contribution in [0, 0.1) is 5.82 Å². The molecule has 0 radical (unpaired) electrons. The summed E-state index contributed by atoms with van der Waals surface area (Å²) in [4.78, 5) is 26.9. The van der Waals surface area contributed by atoms with Crippen LogP contribution in [0.15, 0.2) is 54.2 Å². The van der Waals surface area contributed by atoms with Crippen molar-refractivity contribution < 1.29 is 18.7 Å². The number of amides is 2. The number of hydrogen-bond acceptors (Lipinski definition) is 4. The average Bonchev–Trinajstić information content (AvgIpc) is 2.88. The van der Waals surface area contributed by atoms with Crippen molar-refractivity contribution in [1.82, 2.24) is 4.90 Å². The first-order chi connectivity index (χ1) is 13.4. The molecule has 1 aliphatic heterocycles. The predicted octanol–water partition coefficient (Wildman–Crippen LogP) is 4.21. The minimum atomic E-state index is -0.401. The Morgan fingerprint density at radius 2 is 1.64 bits per heavy atom. The van der Waals surface area contributed by atoms with Crippen LogP contribution in [0.2, 0.25) is 0 Å². The van der Waals surface area contributed by atoms with Crippen LogP contribution >= 0.6 is 0 Å². The smallest absolute Gasteiger partial charge is 0.278 e. The molecule has 1 aliphatic rings. The fraction of sp³-hybridized carbons (Fsp3) is 0.273. The van der Waals surface area contributed by atoms with Gasteiger partial charge < -0.3 is 10.1 Å². The van der Waals surface area contributed by atoms with Crippen molar-refractivity contribution >= 4 is 23.1 Å². The molecule has 6 heteroatoms. The monoisotopic (exact) mass is 382 g/mol. The van der Waals surface area contributed by atoms with Gasteiger partial charge in [-0.05, 0) is 62.2 Å². The van der Waals surface area contributed by atoms with Crippen molar-refractivity contribution in [2.75, 3.05) is 11.9 Å². The zero-order valence-corrected chi connectivity index (χ0v) is 16.2. The number of hydrogen-bond donors (Lipinski definition) is 1. The molecule has 0 aromatic heterocycles. The van der Waals surface area contributed by atoms with Crippen molar-refractivity contribution in [3.05, 3.63) is 65.6 Å². The number of imide groups is 1. The van der Waals surface area contributed by atoms with Gasteiger partial charge in [-0.2, -0.15) is 0 Å². The Hall–Kier alpha value is -3.15. The van der Waals surface area contributed by atoms with E-state index in [9.17, 15) is 14.0 Å². The quantitative estimate of drug-likeness (QED) is 0.729. The highest BCUT2D eigenvalue weighted by molar-refractivity contribution is 6.36. The van der Waals surface area contributed by atoms with E-state index < -0.39 is 5.82 Å². The maximum atomic E-state index is 13.3. The van der Waals surface area contributed by atoms with Gasteiger partial charge in [0.2, 0.25) is 0 Å². The van der Waals surface area contributed by atoms with Crippen LogP contribution in [0.5, 0.6) is 5.75 Å². The predicted molar refractivity (Wildman–Crippen MR) is 106 cm³/mol. The second-order valence-electron chi connectivity index (χ2n) is 6.83. The lowest BCUT2D eigenvalue weighted by atomic mass is 10.0. The number of carbonyl (C=O) groups is 2. The van der Waals surface area contributed by atoms with Crippen LogP contribution in [-0.4, -0.2) is 29.4 Å². The van der Waals surface area contributed by atoms with Crippen molar-refractivity contribution in [2.24, 2.45) is 0 Å². The number of nitrogens with zero attached hydrogens (tertiary/aromatic N) is 1. The van der Waals surface area contributed by atoms with E-state index >= 15 is 0 Å². The molecule has 0 aliphatic carbocycles. The second kappa shape index (κ2) is 8.25. The molecule has 3 rings (SSSR count). The first-order valence-corrected chi connectivity index (χ1v) is 9.31. The largest absolute Gasteiger partial charge is 0.491 e. The van der Waals surface area contributed by atoms with Crippen LogP contribution in [0.1, 0.15) is 32.8 Å². The van der Waals surface area contributed by atoms with Crippen molar-refractivity contribution in [3.8, 4) is 5.75 Å². The van der Waals surface area contributed by atoms with Gasteiger partial charge in [-0.15, -0.1) is 0 Å². The van der Waals surface area contributed by atoms with E-state index in [0.29, 0.717) is 24.2 Å². The summed E-state index contributed by atoms with van der Waals surface area (Å²) in [6, 6.07) is 12.7. The zero-order chi connectivity index (χ0) is 20.3. The lowest BCUT2D eigenvalue weighted by Gasteiger charge is -2.14. The Kier molecular flexibility index (Phi) is 5.78. The molecule has 146 valence electrons. The Labute approximate surface area is 163 Å². The van der Waals surface area contributed by atoms with E-state index in [1.807, 2.05) is 20.8 Å². The summed E-state index contributed by atoms with van der Waals surface area (Å²) in [5.41, 5.74) is 1.61. The van der Waals surface area contributed by atoms with Crippen molar-refractivity contribution in [2.45, 2.75) is 33.3 Å². The van der Waals surface area contributed by atoms with E-state index in [4.69, 9.17) is 4.74 Å². The number of ether oxygens (including phenoxy) is 1. The van der Waals surface area contributed by atoms with E-state index in [1.54, 1.807) is 24.3 Å². The fourth-order valence-corrected chi connectivity index (χ4v) is 3.04. The molecule has 0 saturated heterocycles. The molecule has 1 heterocycles. The summed E-state index contributed by atoms with van der Waals surface area (Å²) in [5.74, 6) is -0.439. The molecular weight excluding hydrogens is 359 g/mol. The van der Waals surface area contributed by atoms with Crippen LogP contribution in [0.25, 0.3) is 5.57 Å². The summed E-state index contributed by atoms with van der Waals surface area (Å²) in [6.07, 6.45) is 0.714. The highest BCUT2D eigenvalue weighted by Gasteiger charge is 2.38. The van der Waals surface area contributed by atoms with E-state index in [0.717, 1.165) is 5.75 Å². The Morgan fingerprint density at radius 1 is 1.00 bits per heavy atom. The van der Waals surface area contributed by atoms with Gasteiger partial charge in [-0.25, -0.2) is 4.39 Å². The molecule has 28 heavy (non-hydrogen) atoms. The summed E-state index contributed by atoms with van der Waals surface area (Å²) in [7, 11) is 0. The number of halogens is 1. The summed E-state index contributed by atoms with van der Waals surface area (Å²) in [6.45, 7) is 6.11. The first-order valence-electron chi connectivity index (χ1n) is 9.31. The number of nitrogens with one attached hydrogen (secondary N) is 1. The summed E-state index contributed by atoms with van der Waals surface area (Å²) in [5, 5.41) is 3.07. The van der Waals surface area contributed by atoms with E-state index in [2.05, 4.69) is 5.32 Å². The van der Waals surface area contributed by atoms with Crippen molar-refractivity contribution in [3.63, 3.8) is 0 Å². The number of rotatable bonds is 7. The molecule has 0 spiro atoms.